The number of aryl methyl sites for hydroxylation is 2. The Morgan fingerprint density at radius 3 is 2.66 bits per heavy atom. The van der Waals surface area contributed by atoms with E-state index in [9.17, 15) is 4.79 Å². The Morgan fingerprint density at radius 2 is 2.03 bits per heavy atom. The number of hydrogen-bond acceptors (Lipinski definition) is 7. The lowest BCUT2D eigenvalue weighted by atomic mass is 10.2. The third kappa shape index (κ3) is 4.45. The van der Waals surface area contributed by atoms with Crippen LogP contribution < -0.4 is 15.0 Å². The first-order chi connectivity index (χ1) is 13.8. The molecule has 1 N–H and O–H groups in total. The van der Waals surface area contributed by atoms with Crippen LogP contribution in [0.5, 0.6) is 5.75 Å². The van der Waals surface area contributed by atoms with E-state index in [4.69, 9.17) is 19.7 Å². The van der Waals surface area contributed by atoms with Crippen molar-refractivity contribution in [1.82, 2.24) is 19.5 Å². The second kappa shape index (κ2) is 8.69. The number of imidazole rings is 1. The molecule has 0 unspecified atom stereocenters. The molecule has 9 heteroatoms. The summed E-state index contributed by atoms with van der Waals surface area (Å²) in [7, 11) is 7.48. The normalized spacial score (nSPS) is 11.0. The molecular weight excluding hydrogens is 388 g/mol. The zero-order valence-corrected chi connectivity index (χ0v) is 18.4. The first-order valence-electron chi connectivity index (χ1n) is 9.32. The number of fused-ring (bicyclic) bond motifs is 1. The summed E-state index contributed by atoms with van der Waals surface area (Å²) in [6, 6.07) is 5.74. The maximum Gasteiger partial charge on any atom is 0.221 e. The van der Waals surface area contributed by atoms with E-state index >= 15 is 0 Å². The molecular formula is C20H26N6O2S. The number of aromatic nitrogens is 4. The number of nitrogens with zero attached hydrogens (tertiary/aromatic N) is 5. The number of nitrogens with one attached hydrogen (secondary N) is 1. The molecule has 0 aliphatic rings. The smallest absolute Gasteiger partial charge is 0.221 e. The molecule has 154 valence electrons. The summed E-state index contributed by atoms with van der Waals surface area (Å²) in [6.45, 7) is 3.56. The molecule has 3 aromatic rings. The lowest BCUT2D eigenvalue weighted by Gasteiger charge is -2.13. The summed E-state index contributed by atoms with van der Waals surface area (Å²) in [5, 5.41) is 3.49. The van der Waals surface area contributed by atoms with E-state index < -0.39 is 0 Å². The van der Waals surface area contributed by atoms with Gasteiger partial charge >= 0.3 is 0 Å². The predicted molar refractivity (Wildman–Crippen MR) is 117 cm³/mol. The number of hydrogen-bond donors (Lipinski definition) is 1. The van der Waals surface area contributed by atoms with Crippen LogP contribution >= 0.6 is 11.8 Å². The van der Waals surface area contributed by atoms with Gasteiger partial charge in [0.2, 0.25) is 5.91 Å². The first kappa shape index (κ1) is 20.9. The maximum atomic E-state index is 11.5. The quantitative estimate of drug-likeness (QED) is 0.469. The van der Waals surface area contributed by atoms with Gasteiger partial charge in [-0.2, -0.15) is 0 Å². The molecule has 0 aliphatic heterocycles. The summed E-state index contributed by atoms with van der Waals surface area (Å²) >= 11 is 1.54. The second-order valence-corrected chi connectivity index (χ2v) is 7.78. The topological polar surface area (TPSA) is 85.2 Å². The SMILES string of the molecule is CCc1nc2c(N(C)C)nc(SCc3ccc(OC)c(NC(C)=O)c3)nc2n1C. The minimum Gasteiger partial charge on any atom is -0.495 e. The van der Waals surface area contributed by atoms with Crippen LogP contribution in [0.2, 0.25) is 0 Å². The Morgan fingerprint density at radius 1 is 1.28 bits per heavy atom. The number of thioether (sulfide) groups is 1. The van der Waals surface area contributed by atoms with E-state index in [1.165, 1.54) is 6.92 Å². The third-order valence-corrected chi connectivity index (χ3v) is 5.37. The molecule has 2 heterocycles. The van der Waals surface area contributed by atoms with Crippen LogP contribution in [0, 0.1) is 0 Å². The lowest BCUT2D eigenvalue weighted by molar-refractivity contribution is -0.114. The zero-order valence-electron chi connectivity index (χ0n) is 17.6. The molecule has 0 bridgehead atoms. The van der Waals surface area contributed by atoms with Crippen LogP contribution in [-0.4, -0.2) is 46.6 Å². The van der Waals surface area contributed by atoms with Crippen LogP contribution in [0.25, 0.3) is 11.2 Å². The first-order valence-corrected chi connectivity index (χ1v) is 10.3. The van der Waals surface area contributed by atoms with Gasteiger partial charge in [0, 0.05) is 40.2 Å². The van der Waals surface area contributed by atoms with Gasteiger partial charge < -0.3 is 19.5 Å². The Labute approximate surface area is 174 Å². The average molecular weight is 415 g/mol. The van der Waals surface area contributed by atoms with Crippen molar-refractivity contribution in [3.8, 4) is 5.75 Å². The second-order valence-electron chi connectivity index (χ2n) is 6.84. The lowest BCUT2D eigenvalue weighted by Crippen LogP contribution is -2.12. The Balaban J connectivity index is 1.90. The minimum absolute atomic E-state index is 0.138. The van der Waals surface area contributed by atoms with Gasteiger partial charge in [0.1, 0.15) is 11.6 Å². The van der Waals surface area contributed by atoms with Gasteiger partial charge in [-0.3, -0.25) is 4.79 Å². The molecule has 0 atom stereocenters. The van der Waals surface area contributed by atoms with E-state index in [0.717, 1.165) is 34.8 Å². The van der Waals surface area contributed by atoms with Gasteiger partial charge in [0.25, 0.3) is 0 Å². The summed E-state index contributed by atoms with van der Waals surface area (Å²) < 4.78 is 7.34. The van der Waals surface area contributed by atoms with Crippen LogP contribution in [0.15, 0.2) is 23.4 Å². The van der Waals surface area contributed by atoms with Crippen molar-refractivity contribution >= 4 is 40.3 Å². The van der Waals surface area contributed by atoms with Gasteiger partial charge in [0.15, 0.2) is 22.1 Å². The summed E-state index contributed by atoms with van der Waals surface area (Å²) in [6.07, 6.45) is 0.833. The van der Waals surface area contributed by atoms with Gasteiger partial charge in [-0.1, -0.05) is 24.8 Å². The molecule has 29 heavy (non-hydrogen) atoms. The van der Waals surface area contributed by atoms with Crippen LogP contribution in [0.3, 0.4) is 0 Å². The van der Waals surface area contributed by atoms with Crippen LogP contribution in [0.1, 0.15) is 25.2 Å². The highest BCUT2D eigenvalue weighted by atomic mass is 32.2. The number of ether oxygens (including phenoxy) is 1. The van der Waals surface area contributed by atoms with E-state index in [1.54, 1.807) is 18.9 Å². The van der Waals surface area contributed by atoms with E-state index in [-0.39, 0.29) is 5.91 Å². The molecule has 0 saturated carbocycles. The number of carbonyl (C=O) groups excluding carboxylic acids is 1. The summed E-state index contributed by atoms with van der Waals surface area (Å²) in [5.41, 5.74) is 3.34. The third-order valence-electron chi connectivity index (χ3n) is 4.45. The largest absolute Gasteiger partial charge is 0.495 e. The monoisotopic (exact) mass is 414 g/mol. The number of amides is 1. The van der Waals surface area contributed by atoms with Crippen molar-refractivity contribution in [2.45, 2.75) is 31.2 Å². The molecule has 0 radical (unpaired) electrons. The highest BCUT2D eigenvalue weighted by Gasteiger charge is 2.17. The number of rotatable bonds is 7. The minimum atomic E-state index is -0.138. The van der Waals surface area contributed by atoms with E-state index in [2.05, 4.69) is 12.2 Å². The van der Waals surface area contributed by atoms with Crippen molar-refractivity contribution in [3.05, 3.63) is 29.6 Å². The standard InChI is InChI=1S/C20H26N6O2S/c1-7-16-22-17-18(25(3)4)23-20(24-19(17)26(16)5)29-11-13-8-9-15(28-6)14(10-13)21-12(2)27/h8-10H,7,11H2,1-6H3,(H,21,27). The van der Waals surface area contributed by atoms with Crippen molar-refractivity contribution in [3.63, 3.8) is 0 Å². The molecule has 1 amide bonds. The molecule has 0 saturated heterocycles. The summed E-state index contributed by atoms with van der Waals surface area (Å²) in [4.78, 5) is 27.6. The maximum absolute atomic E-state index is 11.5. The molecule has 1 aromatic carbocycles. The molecule has 2 aromatic heterocycles. The molecule has 0 fully saturated rings. The average Bonchev–Trinajstić information content (AvgIpc) is 3.01. The summed E-state index contributed by atoms with van der Waals surface area (Å²) in [5.74, 6) is 2.94. The fraction of sp³-hybridized carbons (Fsp3) is 0.400. The van der Waals surface area contributed by atoms with Crippen LogP contribution in [-0.2, 0) is 24.0 Å². The van der Waals surface area contributed by atoms with Gasteiger partial charge in [-0.25, -0.2) is 15.0 Å². The predicted octanol–water partition coefficient (Wildman–Crippen LogP) is 3.25. The number of carbonyl (C=O) groups is 1. The van der Waals surface area contributed by atoms with Crippen molar-refractivity contribution in [2.75, 3.05) is 31.4 Å². The van der Waals surface area contributed by atoms with Gasteiger partial charge in [-0.15, -0.1) is 0 Å². The molecule has 8 nitrogen and oxygen atoms in total. The van der Waals surface area contributed by atoms with E-state index in [0.29, 0.717) is 22.3 Å². The molecule has 0 aliphatic carbocycles. The Bertz CT molecular complexity index is 1050. The van der Waals surface area contributed by atoms with Crippen molar-refractivity contribution in [2.24, 2.45) is 7.05 Å². The Hall–Kier alpha value is -2.81. The molecule has 0 spiro atoms. The fourth-order valence-corrected chi connectivity index (χ4v) is 3.82. The number of benzene rings is 1. The highest BCUT2D eigenvalue weighted by Crippen LogP contribution is 2.31. The zero-order chi connectivity index (χ0) is 21.1. The van der Waals surface area contributed by atoms with Gasteiger partial charge in [-0.05, 0) is 17.7 Å². The number of methoxy groups -OCH3 is 1. The van der Waals surface area contributed by atoms with Crippen molar-refractivity contribution < 1.29 is 9.53 Å². The molecule has 3 rings (SSSR count). The highest BCUT2D eigenvalue weighted by molar-refractivity contribution is 7.98. The van der Waals surface area contributed by atoms with Crippen LogP contribution in [0.4, 0.5) is 11.5 Å². The fourth-order valence-electron chi connectivity index (χ4n) is 3.04. The number of anilines is 2. The van der Waals surface area contributed by atoms with E-state index in [1.807, 2.05) is 48.8 Å². The Kier molecular flexibility index (Phi) is 6.26. The van der Waals surface area contributed by atoms with Crippen molar-refractivity contribution in [1.29, 1.82) is 0 Å². The van der Waals surface area contributed by atoms with Gasteiger partial charge in [0.05, 0.1) is 12.8 Å².